The van der Waals surface area contributed by atoms with E-state index in [4.69, 9.17) is 9.47 Å². The number of nitrogens with zero attached hydrogens (tertiary/aromatic N) is 3. The molecule has 0 bridgehead atoms. The molecule has 0 aliphatic carbocycles. The first-order valence-corrected chi connectivity index (χ1v) is 11.2. The van der Waals surface area contributed by atoms with Gasteiger partial charge in [-0.05, 0) is 49.7 Å². The third-order valence-corrected chi connectivity index (χ3v) is 6.42. The Morgan fingerprint density at radius 2 is 1.59 bits per heavy atom. The lowest BCUT2D eigenvalue weighted by Gasteiger charge is -2.34. The molecule has 6 nitrogen and oxygen atoms in total. The number of hydrogen-bond acceptors (Lipinski definition) is 5. The molecule has 32 heavy (non-hydrogen) atoms. The second-order valence-corrected chi connectivity index (χ2v) is 8.62. The maximum Gasteiger partial charge on any atom is 0.231 e. The number of piperazine rings is 1. The molecule has 2 aliphatic rings. The van der Waals surface area contributed by atoms with Gasteiger partial charge in [-0.25, -0.2) is 0 Å². The van der Waals surface area contributed by atoms with E-state index in [9.17, 15) is 4.79 Å². The van der Waals surface area contributed by atoms with E-state index in [2.05, 4.69) is 45.6 Å². The van der Waals surface area contributed by atoms with Crippen LogP contribution in [0, 0.1) is 13.8 Å². The van der Waals surface area contributed by atoms with Crippen molar-refractivity contribution in [3.8, 4) is 17.2 Å². The Morgan fingerprint density at radius 1 is 0.875 bits per heavy atom. The van der Waals surface area contributed by atoms with Crippen molar-refractivity contribution in [2.45, 2.75) is 20.4 Å². The average Bonchev–Trinajstić information content (AvgIpc) is 3.39. The van der Waals surface area contributed by atoms with Crippen molar-refractivity contribution in [3.63, 3.8) is 0 Å². The number of rotatable bonds is 6. The number of benzene rings is 2. The number of fused-ring (bicyclic) bond motifs is 1. The Morgan fingerprint density at radius 3 is 2.38 bits per heavy atom. The van der Waals surface area contributed by atoms with Crippen LogP contribution in [0.5, 0.6) is 11.5 Å². The summed E-state index contributed by atoms with van der Waals surface area (Å²) in [5, 5.41) is 0. The number of ether oxygens (including phenoxy) is 2. The fraction of sp³-hybridized carbons (Fsp3) is 0.346. The Hall–Kier alpha value is -3.09. The van der Waals surface area contributed by atoms with Gasteiger partial charge in [0, 0.05) is 55.4 Å². The van der Waals surface area contributed by atoms with Gasteiger partial charge in [0.05, 0.1) is 6.54 Å². The maximum atomic E-state index is 13.1. The minimum absolute atomic E-state index is 0.199. The van der Waals surface area contributed by atoms with E-state index >= 15 is 0 Å². The summed E-state index contributed by atoms with van der Waals surface area (Å²) in [5.41, 5.74) is 5.26. The van der Waals surface area contributed by atoms with E-state index in [0.29, 0.717) is 13.3 Å². The summed E-state index contributed by atoms with van der Waals surface area (Å²) in [7, 11) is 0. The molecule has 1 saturated heterocycles. The van der Waals surface area contributed by atoms with Gasteiger partial charge in [-0.3, -0.25) is 14.6 Å². The van der Waals surface area contributed by atoms with Crippen LogP contribution in [0.3, 0.4) is 0 Å². The van der Waals surface area contributed by atoms with Gasteiger partial charge in [0.15, 0.2) is 17.3 Å². The Labute approximate surface area is 189 Å². The second kappa shape index (κ2) is 8.81. The van der Waals surface area contributed by atoms with Gasteiger partial charge in [-0.1, -0.05) is 24.3 Å². The summed E-state index contributed by atoms with van der Waals surface area (Å²) in [6.07, 6.45) is 0. The van der Waals surface area contributed by atoms with Crippen LogP contribution in [0.15, 0.2) is 54.6 Å². The van der Waals surface area contributed by atoms with Gasteiger partial charge in [0.1, 0.15) is 0 Å². The van der Waals surface area contributed by atoms with E-state index < -0.39 is 0 Å². The molecule has 1 aromatic heterocycles. The lowest BCUT2D eigenvalue weighted by molar-refractivity contribution is 0.0843. The number of carbonyl (C=O) groups is 1. The van der Waals surface area contributed by atoms with Crippen molar-refractivity contribution in [2.75, 3.05) is 39.5 Å². The van der Waals surface area contributed by atoms with E-state index in [0.717, 1.165) is 66.9 Å². The Bertz CT molecular complexity index is 1110. The molecule has 2 aliphatic heterocycles. The third-order valence-electron chi connectivity index (χ3n) is 6.42. The molecule has 166 valence electrons. The van der Waals surface area contributed by atoms with E-state index in [-0.39, 0.29) is 5.78 Å². The molecule has 3 aromatic rings. The molecule has 3 heterocycles. The van der Waals surface area contributed by atoms with E-state index in [1.807, 2.05) is 37.3 Å². The molecule has 5 rings (SSSR count). The normalized spacial score (nSPS) is 16.4. The summed E-state index contributed by atoms with van der Waals surface area (Å²) in [5.74, 6) is 1.85. The summed E-state index contributed by atoms with van der Waals surface area (Å²) in [6.45, 7) is 9.45. The molecule has 0 radical (unpaired) electrons. The number of para-hydroxylation sites is 1. The minimum atomic E-state index is 0.199. The van der Waals surface area contributed by atoms with Crippen molar-refractivity contribution in [2.24, 2.45) is 0 Å². The average molecular weight is 432 g/mol. The lowest BCUT2D eigenvalue weighted by atomic mass is 10.1. The fourth-order valence-electron chi connectivity index (χ4n) is 4.71. The SMILES string of the molecule is Cc1cc(C(=O)CN2CCN(Cc3ccc4c(c3)OCO4)CC2)c(C)n1-c1ccccc1. The number of carbonyl (C=O) groups excluding carboxylic acids is 1. The Balaban J connectivity index is 1.18. The first-order chi connectivity index (χ1) is 15.6. The van der Waals surface area contributed by atoms with Crippen molar-refractivity contribution >= 4 is 5.78 Å². The quantitative estimate of drug-likeness (QED) is 0.556. The van der Waals surface area contributed by atoms with Gasteiger partial charge in [-0.2, -0.15) is 0 Å². The summed E-state index contributed by atoms with van der Waals surface area (Å²) in [6, 6.07) is 18.4. The number of ketones is 1. The summed E-state index contributed by atoms with van der Waals surface area (Å²) >= 11 is 0. The molecule has 0 N–H and O–H groups in total. The standard InChI is InChI=1S/C26H29N3O3/c1-19-14-23(20(2)29(19)22-6-4-3-5-7-22)24(30)17-28-12-10-27(11-13-28)16-21-8-9-25-26(15-21)32-18-31-25/h3-9,14-15H,10-13,16-18H2,1-2H3. The Kier molecular flexibility index (Phi) is 5.72. The summed E-state index contributed by atoms with van der Waals surface area (Å²) < 4.78 is 13.1. The molecule has 1 fully saturated rings. The van der Waals surface area contributed by atoms with Gasteiger partial charge < -0.3 is 14.0 Å². The smallest absolute Gasteiger partial charge is 0.231 e. The van der Waals surface area contributed by atoms with Gasteiger partial charge in [-0.15, -0.1) is 0 Å². The molecule has 0 atom stereocenters. The van der Waals surface area contributed by atoms with Crippen LogP contribution in [-0.4, -0.2) is 59.7 Å². The highest BCUT2D eigenvalue weighted by atomic mass is 16.7. The summed E-state index contributed by atoms with van der Waals surface area (Å²) in [4.78, 5) is 17.8. The molecule has 6 heteroatoms. The van der Waals surface area contributed by atoms with Crippen LogP contribution in [0.25, 0.3) is 5.69 Å². The van der Waals surface area contributed by atoms with E-state index in [1.54, 1.807) is 0 Å². The van der Waals surface area contributed by atoms with Crippen LogP contribution in [0.2, 0.25) is 0 Å². The molecular weight excluding hydrogens is 402 g/mol. The van der Waals surface area contributed by atoms with Crippen LogP contribution in [0.1, 0.15) is 27.3 Å². The maximum absolute atomic E-state index is 13.1. The number of aryl methyl sites for hydroxylation is 1. The van der Waals surface area contributed by atoms with Crippen molar-refractivity contribution in [1.82, 2.24) is 14.4 Å². The largest absolute Gasteiger partial charge is 0.454 e. The second-order valence-electron chi connectivity index (χ2n) is 8.62. The van der Waals surface area contributed by atoms with E-state index in [1.165, 1.54) is 5.56 Å². The van der Waals surface area contributed by atoms with Gasteiger partial charge in [0.25, 0.3) is 0 Å². The first-order valence-electron chi connectivity index (χ1n) is 11.2. The van der Waals surface area contributed by atoms with Crippen molar-refractivity contribution in [3.05, 3.63) is 77.1 Å². The zero-order chi connectivity index (χ0) is 22.1. The molecule has 0 saturated carbocycles. The lowest BCUT2D eigenvalue weighted by Crippen LogP contribution is -2.47. The van der Waals surface area contributed by atoms with Crippen molar-refractivity contribution in [1.29, 1.82) is 0 Å². The van der Waals surface area contributed by atoms with Crippen LogP contribution in [-0.2, 0) is 6.54 Å². The topological polar surface area (TPSA) is 46.9 Å². The minimum Gasteiger partial charge on any atom is -0.454 e. The number of hydrogen-bond donors (Lipinski definition) is 0. The predicted molar refractivity (Wildman–Crippen MR) is 124 cm³/mol. The molecule has 0 unspecified atom stereocenters. The number of Topliss-reactive ketones (excluding diaryl/α,β-unsaturated/α-hetero) is 1. The van der Waals surface area contributed by atoms with Crippen LogP contribution in [0.4, 0.5) is 0 Å². The number of aromatic nitrogens is 1. The van der Waals surface area contributed by atoms with Crippen molar-refractivity contribution < 1.29 is 14.3 Å². The van der Waals surface area contributed by atoms with Crippen LogP contribution < -0.4 is 9.47 Å². The molecule has 0 amide bonds. The van der Waals surface area contributed by atoms with Gasteiger partial charge >= 0.3 is 0 Å². The fourth-order valence-corrected chi connectivity index (χ4v) is 4.71. The molecule has 0 spiro atoms. The third kappa shape index (κ3) is 4.16. The molecular formula is C26H29N3O3. The highest BCUT2D eigenvalue weighted by molar-refractivity contribution is 5.99. The van der Waals surface area contributed by atoms with Gasteiger partial charge in [0.2, 0.25) is 6.79 Å². The highest BCUT2D eigenvalue weighted by Gasteiger charge is 2.23. The zero-order valence-corrected chi connectivity index (χ0v) is 18.7. The molecule has 2 aromatic carbocycles. The predicted octanol–water partition coefficient (Wildman–Crippen LogP) is 3.82. The first kappa shape index (κ1) is 20.8. The monoisotopic (exact) mass is 431 g/mol. The highest BCUT2D eigenvalue weighted by Crippen LogP contribution is 2.33. The zero-order valence-electron chi connectivity index (χ0n) is 18.7. The van der Waals surface area contributed by atoms with Crippen LogP contribution >= 0.6 is 0 Å².